The Kier molecular flexibility index (Phi) is 7.01. The molecular weight excluding hydrogens is 508 g/mol. The number of aromatic nitrogens is 4. The maximum absolute atomic E-state index is 9.79. The van der Waals surface area contributed by atoms with Crippen molar-refractivity contribution in [3.63, 3.8) is 0 Å². The van der Waals surface area contributed by atoms with Gasteiger partial charge in [-0.1, -0.05) is 55.0 Å². The molecule has 0 aliphatic heterocycles. The maximum atomic E-state index is 9.79. The summed E-state index contributed by atoms with van der Waals surface area (Å²) < 4.78 is 31.9. The summed E-state index contributed by atoms with van der Waals surface area (Å²) in [6.45, 7) is 5.85. The molecule has 2 heterocycles. The Morgan fingerprint density at radius 1 is 0.718 bits per heavy atom. The number of rotatable bonds is 4. The van der Waals surface area contributed by atoms with Crippen LogP contribution in [0.2, 0.25) is 0 Å². The van der Waals surface area contributed by atoms with Crippen LogP contribution in [0.4, 0.5) is 0 Å². The number of imidazole rings is 2. The molecule has 39 heavy (non-hydrogen) atoms. The molecule has 0 atom stereocenters. The predicted octanol–water partition coefficient (Wildman–Crippen LogP) is 6.85. The standard InChI is InChI=1S/C28H24N4.C3H8O3S/c1-17-5-6-20-14-23(8-7-19(20)13-17)28-30-24-11-9-22(16-27(24)32(28)4)21-10-12-26-25(15-21)29-18(2)31(26)3;1-2-3-7(4,5)6/h5-16H,1-4H3;2-3H2,1H3,(H,4,5,6). The van der Waals surface area contributed by atoms with Crippen molar-refractivity contribution in [3.8, 4) is 22.5 Å². The maximum Gasteiger partial charge on any atom is 0.264 e. The van der Waals surface area contributed by atoms with Gasteiger partial charge >= 0.3 is 0 Å². The van der Waals surface area contributed by atoms with Gasteiger partial charge in [0.25, 0.3) is 10.1 Å². The Balaban J connectivity index is 0.000000392. The summed E-state index contributed by atoms with van der Waals surface area (Å²) in [6, 6.07) is 26.2. The number of aryl methyl sites for hydroxylation is 4. The van der Waals surface area contributed by atoms with Crippen LogP contribution in [-0.4, -0.2) is 37.8 Å². The number of nitrogens with zero attached hydrogens (tertiary/aromatic N) is 4. The minimum absolute atomic E-state index is 0.132. The summed E-state index contributed by atoms with van der Waals surface area (Å²) in [5.74, 6) is 1.87. The lowest BCUT2D eigenvalue weighted by Crippen LogP contribution is -2.01. The molecule has 0 unspecified atom stereocenters. The lowest BCUT2D eigenvalue weighted by atomic mass is 10.0. The molecule has 0 aliphatic rings. The molecule has 4 aromatic carbocycles. The third kappa shape index (κ3) is 5.44. The van der Waals surface area contributed by atoms with Crippen molar-refractivity contribution >= 4 is 43.0 Å². The fraction of sp³-hybridized carbons (Fsp3) is 0.226. The summed E-state index contributed by atoms with van der Waals surface area (Å²) in [6.07, 6.45) is 0.471. The zero-order valence-corrected chi connectivity index (χ0v) is 23.6. The second-order valence-corrected chi connectivity index (χ2v) is 11.5. The topological polar surface area (TPSA) is 90.0 Å². The molecule has 8 heteroatoms. The quantitative estimate of drug-likeness (QED) is 0.247. The van der Waals surface area contributed by atoms with E-state index in [1.807, 2.05) is 6.92 Å². The first kappa shape index (κ1) is 26.6. The van der Waals surface area contributed by atoms with Crippen LogP contribution in [0.15, 0.2) is 72.8 Å². The van der Waals surface area contributed by atoms with Crippen LogP contribution >= 0.6 is 0 Å². The van der Waals surface area contributed by atoms with E-state index in [2.05, 4.69) is 103 Å². The average molecular weight is 541 g/mol. The van der Waals surface area contributed by atoms with E-state index in [-0.39, 0.29) is 5.75 Å². The lowest BCUT2D eigenvalue weighted by molar-refractivity contribution is 0.482. The van der Waals surface area contributed by atoms with Gasteiger partial charge in [-0.25, -0.2) is 9.97 Å². The zero-order valence-electron chi connectivity index (χ0n) is 22.8. The Bertz CT molecular complexity index is 1950. The fourth-order valence-corrected chi connectivity index (χ4v) is 5.41. The second kappa shape index (κ2) is 10.3. The first-order valence-electron chi connectivity index (χ1n) is 12.9. The van der Waals surface area contributed by atoms with Crippen LogP contribution in [-0.2, 0) is 24.2 Å². The smallest absolute Gasteiger partial charge is 0.264 e. The van der Waals surface area contributed by atoms with E-state index in [4.69, 9.17) is 14.5 Å². The van der Waals surface area contributed by atoms with Crippen molar-refractivity contribution in [2.75, 3.05) is 5.75 Å². The number of fused-ring (bicyclic) bond motifs is 3. The third-order valence-electron chi connectivity index (χ3n) is 7.03. The van der Waals surface area contributed by atoms with Crippen LogP contribution in [0.25, 0.3) is 55.4 Å². The van der Waals surface area contributed by atoms with Gasteiger partial charge in [0.2, 0.25) is 0 Å². The fourth-order valence-electron chi connectivity index (χ4n) is 4.89. The highest BCUT2D eigenvalue weighted by atomic mass is 32.2. The van der Waals surface area contributed by atoms with Gasteiger partial charge in [0.05, 0.1) is 27.8 Å². The van der Waals surface area contributed by atoms with E-state index < -0.39 is 10.1 Å². The molecule has 0 saturated carbocycles. The summed E-state index contributed by atoms with van der Waals surface area (Å²) in [4.78, 5) is 9.65. The molecule has 1 N–H and O–H groups in total. The van der Waals surface area contributed by atoms with Crippen LogP contribution < -0.4 is 0 Å². The van der Waals surface area contributed by atoms with Gasteiger partial charge in [-0.15, -0.1) is 0 Å². The van der Waals surface area contributed by atoms with Crippen LogP contribution in [0.1, 0.15) is 24.7 Å². The van der Waals surface area contributed by atoms with Crippen LogP contribution in [0.3, 0.4) is 0 Å². The minimum Gasteiger partial charge on any atom is -0.331 e. The van der Waals surface area contributed by atoms with E-state index in [1.54, 1.807) is 6.92 Å². The number of hydrogen-bond acceptors (Lipinski definition) is 4. The molecule has 200 valence electrons. The normalized spacial score (nSPS) is 11.7. The summed E-state index contributed by atoms with van der Waals surface area (Å²) in [7, 11) is 0.479. The molecule has 0 spiro atoms. The Morgan fingerprint density at radius 3 is 2.10 bits per heavy atom. The first-order chi connectivity index (χ1) is 18.5. The van der Waals surface area contributed by atoms with Crippen molar-refractivity contribution in [3.05, 3.63) is 84.2 Å². The van der Waals surface area contributed by atoms with Gasteiger partial charge in [0.1, 0.15) is 11.6 Å². The molecule has 0 amide bonds. The Morgan fingerprint density at radius 2 is 1.38 bits per heavy atom. The van der Waals surface area contributed by atoms with E-state index in [1.165, 1.54) is 27.5 Å². The van der Waals surface area contributed by atoms with Crippen molar-refractivity contribution in [2.24, 2.45) is 14.1 Å². The molecule has 0 radical (unpaired) electrons. The number of benzene rings is 4. The van der Waals surface area contributed by atoms with Gasteiger partial charge in [0, 0.05) is 19.7 Å². The molecular formula is C31H32N4O3S. The molecule has 0 fully saturated rings. The van der Waals surface area contributed by atoms with E-state index in [0.29, 0.717) is 6.42 Å². The highest BCUT2D eigenvalue weighted by Gasteiger charge is 2.13. The monoisotopic (exact) mass is 540 g/mol. The molecule has 6 rings (SSSR count). The van der Waals surface area contributed by atoms with Crippen LogP contribution in [0.5, 0.6) is 0 Å². The van der Waals surface area contributed by atoms with Crippen molar-refractivity contribution < 1.29 is 13.0 Å². The Hall–Kier alpha value is -4.01. The molecule has 0 bridgehead atoms. The lowest BCUT2D eigenvalue weighted by Gasteiger charge is -2.06. The predicted molar refractivity (Wildman–Crippen MR) is 160 cm³/mol. The number of hydrogen-bond donors (Lipinski definition) is 1. The average Bonchev–Trinajstić information content (AvgIpc) is 3.38. The van der Waals surface area contributed by atoms with Gasteiger partial charge < -0.3 is 9.13 Å². The molecule has 2 aromatic heterocycles. The molecule has 0 saturated heterocycles. The van der Waals surface area contributed by atoms with E-state index >= 15 is 0 Å². The van der Waals surface area contributed by atoms with Gasteiger partial charge in [-0.2, -0.15) is 8.42 Å². The highest BCUT2D eigenvalue weighted by molar-refractivity contribution is 7.85. The van der Waals surface area contributed by atoms with Crippen molar-refractivity contribution in [1.29, 1.82) is 0 Å². The summed E-state index contributed by atoms with van der Waals surface area (Å²) >= 11 is 0. The third-order valence-corrected chi connectivity index (χ3v) is 7.96. The largest absolute Gasteiger partial charge is 0.331 e. The summed E-state index contributed by atoms with van der Waals surface area (Å²) in [5.41, 5.74) is 9.06. The van der Waals surface area contributed by atoms with Crippen molar-refractivity contribution in [2.45, 2.75) is 27.2 Å². The Labute approximate surface area is 228 Å². The minimum atomic E-state index is -3.67. The van der Waals surface area contributed by atoms with Crippen LogP contribution in [0, 0.1) is 13.8 Å². The summed E-state index contributed by atoms with van der Waals surface area (Å²) in [5, 5.41) is 2.50. The molecule has 6 aromatic rings. The van der Waals surface area contributed by atoms with Gasteiger partial charge in [-0.3, -0.25) is 4.55 Å². The van der Waals surface area contributed by atoms with E-state index in [0.717, 1.165) is 39.3 Å². The van der Waals surface area contributed by atoms with Gasteiger partial charge in [-0.05, 0) is 72.5 Å². The SMILES string of the molecule is CCCS(=O)(=O)O.Cc1ccc2cc(-c3nc4ccc(-c5ccc6c(c5)nc(C)n6C)cc4n3C)ccc2c1. The molecule has 0 aliphatic carbocycles. The van der Waals surface area contributed by atoms with E-state index in [9.17, 15) is 8.42 Å². The van der Waals surface area contributed by atoms with Crippen molar-refractivity contribution in [1.82, 2.24) is 19.1 Å². The van der Waals surface area contributed by atoms with Gasteiger partial charge in [0.15, 0.2) is 0 Å². The zero-order chi connectivity index (χ0) is 27.9. The first-order valence-corrected chi connectivity index (χ1v) is 14.5. The highest BCUT2D eigenvalue weighted by Crippen LogP contribution is 2.31. The second-order valence-electron chi connectivity index (χ2n) is 9.97. The molecule has 7 nitrogen and oxygen atoms in total.